The Morgan fingerprint density at radius 2 is 1.84 bits per heavy atom. The third-order valence-corrected chi connectivity index (χ3v) is 4.19. The molecule has 0 bridgehead atoms. The minimum absolute atomic E-state index is 0.134. The number of carbonyl (C=O) groups is 1. The van der Waals surface area contributed by atoms with E-state index in [0.29, 0.717) is 11.4 Å². The van der Waals surface area contributed by atoms with Crippen molar-refractivity contribution in [2.24, 2.45) is 0 Å². The first-order valence-corrected chi connectivity index (χ1v) is 7.98. The molecule has 4 nitrogen and oxygen atoms in total. The SMILES string of the molecule is COc1ccc(/C=C2/C(=O)Nc3ncccc32)cc1-c1ccccc1. The van der Waals surface area contributed by atoms with Crippen molar-refractivity contribution in [1.82, 2.24) is 4.98 Å². The van der Waals surface area contributed by atoms with E-state index < -0.39 is 0 Å². The van der Waals surface area contributed by atoms with Crippen molar-refractivity contribution in [1.29, 1.82) is 0 Å². The fourth-order valence-electron chi connectivity index (χ4n) is 2.99. The molecule has 2 heterocycles. The van der Waals surface area contributed by atoms with Gasteiger partial charge in [-0.15, -0.1) is 0 Å². The van der Waals surface area contributed by atoms with Gasteiger partial charge in [-0.05, 0) is 41.5 Å². The number of nitrogens with one attached hydrogen (secondary N) is 1. The number of nitrogens with zero attached hydrogens (tertiary/aromatic N) is 1. The van der Waals surface area contributed by atoms with Gasteiger partial charge in [0.25, 0.3) is 5.91 Å². The highest BCUT2D eigenvalue weighted by Gasteiger charge is 2.24. The van der Waals surface area contributed by atoms with E-state index in [1.54, 1.807) is 13.3 Å². The second kappa shape index (κ2) is 6.24. The van der Waals surface area contributed by atoms with Gasteiger partial charge in [0.15, 0.2) is 0 Å². The predicted octanol–water partition coefficient (Wildman–Crippen LogP) is 4.25. The van der Waals surface area contributed by atoms with Crippen LogP contribution in [0.4, 0.5) is 5.82 Å². The number of carbonyl (C=O) groups excluding carboxylic acids is 1. The highest BCUT2D eigenvalue weighted by atomic mass is 16.5. The van der Waals surface area contributed by atoms with Crippen molar-refractivity contribution in [3.05, 3.63) is 78.0 Å². The van der Waals surface area contributed by atoms with E-state index in [2.05, 4.69) is 10.3 Å². The maximum atomic E-state index is 12.3. The van der Waals surface area contributed by atoms with Gasteiger partial charge in [0.1, 0.15) is 11.6 Å². The van der Waals surface area contributed by atoms with Gasteiger partial charge in [-0.25, -0.2) is 4.98 Å². The Kier molecular flexibility index (Phi) is 3.78. The lowest BCUT2D eigenvalue weighted by molar-refractivity contribution is -0.110. The molecule has 0 saturated carbocycles. The van der Waals surface area contributed by atoms with E-state index in [4.69, 9.17) is 4.74 Å². The Bertz CT molecular complexity index is 978. The standard InChI is InChI=1S/C21H16N2O2/c1-25-19-10-9-14(12-17(19)15-6-3-2-4-7-15)13-18-16-8-5-11-22-20(16)23-21(18)24/h2-13H,1H3,(H,22,23,24)/b18-13+. The average molecular weight is 328 g/mol. The number of aromatic nitrogens is 1. The summed E-state index contributed by atoms with van der Waals surface area (Å²) in [5, 5.41) is 2.79. The van der Waals surface area contributed by atoms with Gasteiger partial charge in [0, 0.05) is 17.3 Å². The molecule has 1 aromatic heterocycles. The van der Waals surface area contributed by atoms with E-state index in [-0.39, 0.29) is 5.91 Å². The van der Waals surface area contributed by atoms with Crippen LogP contribution in [-0.4, -0.2) is 18.0 Å². The van der Waals surface area contributed by atoms with Crippen molar-refractivity contribution < 1.29 is 9.53 Å². The molecule has 1 N–H and O–H groups in total. The van der Waals surface area contributed by atoms with Crippen molar-refractivity contribution in [3.8, 4) is 16.9 Å². The predicted molar refractivity (Wildman–Crippen MR) is 99.2 cm³/mol. The molecule has 0 aliphatic carbocycles. The van der Waals surface area contributed by atoms with Crippen LogP contribution in [0.1, 0.15) is 11.1 Å². The minimum Gasteiger partial charge on any atom is -0.496 e. The Morgan fingerprint density at radius 1 is 1.00 bits per heavy atom. The molecule has 1 aliphatic rings. The third kappa shape index (κ3) is 2.78. The van der Waals surface area contributed by atoms with Crippen LogP contribution in [0.25, 0.3) is 22.8 Å². The molecule has 3 aromatic rings. The fourth-order valence-corrected chi connectivity index (χ4v) is 2.99. The Hall–Kier alpha value is -3.40. The van der Waals surface area contributed by atoms with Crippen LogP contribution in [0.3, 0.4) is 0 Å². The van der Waals surface area contributed by atoms with E-state index in [0.717, 1.165) is 28.0 Å². The summed E-state index contributed by atoms with van der Waals surface area (Å²) >= 11 is 0. The van der Waals surface area contributed by atoms with Gasteiger partial charge in [-0.1, -0.05) is 36.4 Å². The summed E-state index contributed by atoms with van der Waals surface area (Å²) in [5.41, 5.74) is 4.43. The number of amides is 1. The second-order valence-electron chi connectivity index (χ2n) is 5.74. The van der Waals surface area contributed by atoms with Crippen LogP contribution in [-0.2, 0) is 4.79 Å². The molecule has 0 atom stereocenters. The lowest BCUT2D eigenvalue weighted by atomic mass is 9.99. The minimum atomic E-state index is -0.134. The largest absolute Gasteiger partial charge is 0.496 e. The van der Waals surface area contributed by atoms with Crippen molar-refractivity contribution in [3.63, 3.8) is 0 Å². The summed E-state index contributed by atoms with van der Waals surface area (Å²) in [6.07, 6.45) is 3.55. The molecular formula is C21H16N2O2. The third-order valence-electron chi connectivity index (χ3n) is 4.19. The quantitative estimate of drug-likeness (QED) is 0.731. The summed E-state index contributed by atoms with van der Waals surface area (Å²) in [6.45, 7) is 0. The van der Waals surface area contributed by atoms with Gasteiger partial charge in [0.05, 0.1) is 12.7 Å². The first-order chi connectivity index (χ1) is 12.3. The molecule has 1 amide bonds. The smallest absolute Gasteiger partial charge is 0.257 e. The van der Waals surface area contributed by atoms with Gasteiger partial charge in [-0.2, -0.15) is 0 Å². The van der Waals surface area contributed by atoms with Crippen LogP contribution in [0.5, 0.6) is 5.75 Å². The highest BCUT2D eigenvalue weighted by Crippen LogP contribution is 2.34. The summed E-state index contributed by atoms with van der Waals surface area (Å²) in [5.74, 6) is 1.27. The van der Waals surface area contributed by atoms with E-state index >= 15 is 0 Å². The average Bonchev–Trinajstić information content (AvgIpc) is 2.98. The summed E-state index contributed by atoms with van der Waals surface area (Å²) < 4.78 is 5.49. The zero-order valence-electron chi connectivity index (χ0n) is 13.7. The first-order valence-electron chi connectivity index (χ1n) is 7.98. The molecular weight excluding hydrogens is 312 g/mol. The van der Waals surface area contributed by atoms with E-state index in [1.807, 2.05) is 66.7 Å². The van der Waals surface area contributed by atoms with Crippen LogP contribution in [0.2, 0.25) is 0 Å². The van der Waals surface area contributed by atoms with Gasteiger partial charge in [-0.3, -0.25) is 4.79 Å². The van der Waals surface area contributed by atoms with Crippen LogP contribution < -0.4 is 10.1 Å². The van der Waals surface area contributed by atoms with E-state index in [1.165, 1.54) is 0 Å². The number of hydrogen-bond acceptors (Lipinski definition) is 3. The fraction of sp³-hybridized carbons (Fsp3) is 0.0476. The summed E-state index contributed by atoms with van der Waals surface area (Å²) in [6, 6.07) is 19.7. The number of ether oxygens (including phenoxy) is 1. The Morgan fingerprint density at radius 3 is 2.64 bits per heavy atom. The van der Waals surface area contributed by atoms with Gasteiger partial charge in [0.2, 0.25) is 0 Å². The summed E-state index contributed by atoms with van der Waals surface area (Å²) in [7, 11) is 1.66. The second-order valence-corrected chi connectivity index (χ2v) is 5.74. The van der Waals surface area contributed by atoms with Crippen molar-refractivity contribution >= 4 is 23.4 Å². The van der Waals surface area contributed by atoms with E-state index in [9.17, 15) is 4.79 Å². The number of pyridine rings is 1. The zero-order valence-corrected chi connectivity index (χ0v) is 13.7. The normalized spacial score (nSPS) is 14.3. The zero-order chi connectivity index (χ0) is 17.2. The molecule has 122 valence electrons. The van der Waals surface area contributed by atoms with Crippen molar-refractivity contribution in [2.75, 3.05) is 12.4 Å². The maximum Gasteiger partial charge on any atom is 0.257 e. The van der Waals surface area contributed by atoms with Crippen molar-refractivity contribution in [2.45, 2.75) is 0 Å². The first kappa shape index (κ1) is 15.1. The topological polar surface area (TPSA) is 51.2 Å². The van der Waals surface area contributed by atoms with Crippen LogP contribution in [0, 0.1) is 0 Å². The molecule has 0 radical (unpaired) electrons. The molecule has 25 heavy (non-hydrogen) atoms. The molecule has 0 unspecified atom stereocenters. The molecule has 2 aromatic carbocycles. The lowest BCUT2D eigenvalue weighted by Gasteiger charge is -2.10. The Labute approximate surface area is 145 Å². The molecule has 4 heteroatoms. The number of benzene rings is 2. The van der Waals surface area contributed by atoms with Crippen LogP contribution in [0.15, 0.2) is 66.9 Å². The Balaban J connectivity index is 1.81. The maximum absolute atomic E-state index is 12.3. The number of anilines is 1. The monoisotopic (exact) mass is 328 g/mol. The molecule has 4 rings (SSSR count). The molecule has 0 spiro atoms. The molecule has 1 aliphatic heterocycles. The van der Waals surface area contributed by atoms with Gasteiger partial charge >= 0.3 is 0 Å². The van der Waals surface area contributed by atoms with Gasteiger partial charge < -0.3 is 10.1 Å². The number of hydrogen-bond donors (Lipinski definition) is 1. The highest BCUT2D eigenvalue weighted by molar-refractivity contribution is 6.34. The van der Waals surface area contributed by atoms with Crippen LogP contribution >= 0.6 is 0 Å². The molecule has 0 saturated heterocycles. The number of rotatable bonds is 3. The lowest BCUT2D eigenvalue weighted by Crippen LogP contribution is -2.04. The number of methoxy groups -OCH3 is 1. The summed E-state index contributed by atoms with van der Waals surface area (Å²) in [4.78, 5) is 16.5. The molecule has 0 fully saturated rings. The number of fused-ring (bicyclic) bond motifs is 1.